The second-order valence-electron chi connectivity index (χ2n) is 6.77. The van der Waals surface area contributed by atoms with Crippen LogP contribution in [-0.4, -0.2) is 42.5 Å². The molecule has 0 spiro atoms. The third kappa shape index (κ3) is 5.56. The number of ether oxygens (including phenoxy) is 1. The molecule has 1 amide bonds. The number of benzene rings is 1. The number of carbonyl (C=O) groups is 1. The molecule has 1 aromatic heterocycles. The van der Waals surface area contributed by atoms with E-state index in [0.29, 0.717) is 24.0 Å². The maximum Gasteiger partial charge on any atom is 0.239 e. The molecule has 7 heteroatoms. The molecule has 0 atom stereocenters. The molecule has 2 N–H and O–H groups in total. The average Bonchev–Trinajstić information content (AvgIpc) is 2.95. The molecule has 1 heterocycles. The third-order valence-corrected chi connectivity index (χ3v) is 3.80. The van der Waals surface area contributed by atoms with Gasteiger partial charge in [-0.2, -0.15) is 5.10 Å². The lowest BCUT2D eigenvalue weighted by atomic mass is 9.92. The van der Waals surface area contributed by atoms with Crippen LogP contribution >= 0.6 is 11.6 Å². The van der Waals surface area contributed by atoms with Crippen LogP contribution < -0.4 is 10.6 Å². The van der Waals surface area contributed by atoms with Crippen LogP contribution in [0, 0.1) is 0 Å². The summed E-state index contributed by atoms with van der Waals surface area (Å²) in [6, 6.07) is 9.27. The van der Waals surface area contributed by atoms with E-state index in [9.17, 15) is 4.79 Å². The Bertz CT molecular complexity index is 722. The smallest absolute Gasteiger partial charge is 0.239 e. The summed E-state index contributed by atoms with van der Waals surface area (Å²) in [4.78, 5) is 12.2. The topological polar surface area (TPSA) is 68.2 Å². The minimum absolute atomic E-state index is 0.139. The summed E-state index contributed by atoms with van der Waals surface area (Å²) in [5.41, 5.74) is 1.54. The van der Waals surface area contributed by atoms with Gasteiger partial charge in [-0.25, -0.2) is 4.68 Å². The highest BCUT2D eigenvalue weighted by molar-refractivity contribution is 6.30. The molecule has 6 nitrogen and oxygen atoms in total. The van der Waals surface area contributed by atoms with Crippen molar-refractivity contribution in [2.45, 2.75) is 26.2 Å². The highest BCUT2D eigenvalue weighted by Gasteiger charge is 2.21. The highest BCUT2D eigenvalue weighted by atomic mass is 35.5. The largest absolute Gasteiger partial charge is 0.383 e. The van der Waals surface area contributed by atoms with Crippen molar-refractivity contribution in [1.82, 2.24) is 15.1 Å². The maximum absolute atomic E-state index is 12.2. The van der Waals surface area contributed by atoms with Crippen molar-refractivity contribution in [2.24, 2.45) is 0 Å². The zero-order chi connectivity index (χ0) is 18.4. The van der Waals surface area contributed by atoms with E-state index >= 15 is 0 Å². The number of methoxy groups -OCH3 is 1. The molecule has 0 fully saturated rings. The van der Waals surface area contributed by atoms with Crippen molar-refractivity contribution >= 4 is 23.3 Å². The summed E-state index contributed by atoms with van der Waals surface area (Å²) >= 11 is 6.10. The SMILES string of the molecule is COCCNCC(=O)Nc1cc(C(C)(C)C)nn1-c1cccc(Cl)c1. The molecular formula is C18H25ClN4O2. The van der Waals surface area contributed by atoms with E-state index in [4.69, 9.17) is 16.3 Å². The number of hydrogen-bond donors (Lipinski definition) is 2. The zero-order valence-electron chi connectivity index (χ0n) is 15.1. The molecule has 136 valence electrons. The number of nitrogens with zero attached hydrogens (tertiary/aromatic N) is 2. The Morgan fingerprint density at radius 1 is 1.32 bits per heavy atom. The lowest BCUT2D eigenvalue weighted by molar-refractivity contribution is -0.115. The van der Waals surface area contributed by atoms with Gasteiger partial charge in [-0.15, -0.1) is 0 Å². The van der Waals surface area contributed by atoms with Crippen LogP contribution in [0.25, 0.3) is 5.69 Å². The first-order valence-electron chi connectivity index (χ1n) is 8.17. The number of halogens is 1. The second-order valence-corrected chi connectivity index (χ2v) is 7.21. The summed E-state index contributed by atoms with van der Waals surface area (Å²) < 4.78 is 6.66. The second kappa shape index (κ2) is 8.47. The molecule has 0 saturated heterocycles. The summed E-state index contributed by atoms with van der Waals surface area (Å²) in [7, 11) is 1.62. The molecule has 0 radical (unpaired) electrons. The van der Waals surface area contributed by atoms with Gasteiger partial charge in [0, 0.05) is 30.2 Å². The van der Waals surface area contributed by atoms with Crippen LogP contribution in [-0.2, 0) is 14.9 Å². The van der Waals surface area contributed by atoms with Gasteiger partial charge < -0.3 is 15.4 Å². The van der Waals surface area contributed by atoms with Crippen LogP contribution in [0.3, 0.4) is 0 Å². The molecule has 2 rings (SSSR count). The molecule has 1 aromatic carbocycles. The van der Waals surface area contributed by atoms with Gasteiger partial charge in [0.15, 0.2) is 0 Å². The van der Waals surface area contributed by atoms with Crippen LogP contribution in [0.1, 0.15) is 26.5 Å². The van der Waals surface area contributed by atoms with Crippen LogP contribution in [0.4, 0.5) is 5.82 Å². The number of anilines is 1. The Morgan fingerprint density at radius 2 is 2.08 bits per heavy atom. The summed E-state index contributed by atoms with van der Waals surface area (Å²) in [5, 5.41) is 11.2. The fourth-order valence-corrected chi connectivity index (χ4v) is 2.39. The molecule has 0 saturated carbocycles. The quantitative estimate of drug-likeness (QED) is 0.741. The normalized spacial score (nSPS) is 11.6. The minimum Gasteiger partial charge on any atom is -0.383 e. The van der Waals surface area contributed by atoms with Gasteiger partial charge in [-0.3, -0.25) is 4.79 Å². The van der Waals surface area contributed by atoms with Crippen molar-refractivity contribution < 1.29 is 9.53 Å². The van der Waals surface area contributed by atoms with Gasteiger partial charge >= 0.3 is 0 Å². The molecular weight excluding hydrogens is 340 g/mol. The highest BCUT2D eigenvalue weighted by Crippen LogP contribution is 2.27. The monoisotopic (exact) mass is 364 g/mol. The summed E-state index contributed by atoms with van der Waals surface area (Å²) in [6.45, 7) is 7.61. The van der Waals surface area contributed by atoms with Crippen LogP contribution in [0.15, 0.2) is 30.3 Å². The summed E-state index contributed by atoms with van der Waals surface area (Å²) in [5.74, 6) is 0.477. The number of carbonyl (C=O) groups excluding carboxylic acids is 1. The molecule has 25 heavy (non-hydrogen) atoms. The van der Waals surface area contributed by atoms with Crippen LogP contribution in [0.2, 0.25) is 5.02 Å². The van der Waals surface area contributed by atoms with E-state index in [-0.39, 0.29) is 17.9 Å². The first-order chi connectivity index (χ1) is 11.8. The summed E-state index contributed by atoms with van der Waals surface area (Å²) in [6.07, 6.45) is 0. The standard InChI is InChI=1S/C18H25ClN4O2/c1-18(2,3)15-11-16(21-17(24)12-20-8-9-25-4)23(22-15)14-7-5-6-13(19)10-14/h5-7,10-11,20H,8-9,12H2,1-4H3,(H,21,24). The van der Waals surface area contributed by atoms with Gasteiger partial charge in [0.25, 0.3) is 0 Å². The Balaban J connectivity index is 2.23. The number of amides is 1. The van der Waals surface area contributed by atoms with Crippen molar-refractivity contribution in [3.63, 3.8) is 0 Å². The van der Waals surface area contributed by atoms with Crippen LogP contribution in [0.5, 0.6) is 0 Å². The van der Waals surface area contributed by atoms with E-state index in [2.05, 4.69) is 36.5 Å². The Morgan fingerprint density at radius 3 is 2.72 bits per heavy atom. The predicted octanol–water partition coefficient (Wildman–Crippen LogP) is 3.00. The lowest BCUT2D eigenvalue weighted by Gasteiger charge is -2.14. The number of hydrogen-bond acceptors (Lipinski definition) is 4. The Hall–Kier alpha value is -1.89. The van der Waals surface area contributed by atoms with Gasteiger partial charge in [-0.1, -0.05) is 38.4 Å². The van der Waals surface area contributed by atoms with Crippen molar-refractivity contribution in [2.75, 3.05) is 32.1 Å². The van der Waals surface area contributed by atoms with E-state index < -0.39 is 0 Å². The van der Waals surface area contributed by atoms with E-state index in [0.717, 1.165) is 11.4 Å². The molecule has 2 aromatic rings. The van der Waals surface area contributed by atoms with Gasteiger partial charge in [0.05, 0.1) is 24.5 Å². The fraction of sp³-hybridized carbons (Fsp3) is 0.444. The van der Waals surface area contributed by atoms with Crippen molar-refractivity contribution in [1.29, 1.82) is 0 Å². The molecule has 0 bridgehead atoms. The maximum atomic E-state index is 12.2. The number of aromatic nitrogens is 2. The molecule has 0 aliphatic heterocycles. The fourth-order valence-electron chi connectivity index (χ4n) is 2.20. The van der Waals surface area contributed by atoms with Gasteiger partial charge in [-0.05, 0) is 18.2 Å². The molecule has 0 aliphatic rings. The van der Waals surface area contributed by atoms with E-state index in [1.54, 1.807) is 17.9 Å². The minimum atomic E-state index is -0.139. The first-order valence-corrected chi connectivity index (χ1v) is 8.55. The van der Waals surface area contributed by atoms with Crippen molar-refractivity contribution in [3.05, 3.63) is 41.0 Å². The van der Waals surface area contributed by atoms with Gasteiger partial charge in [0.1, 0.15) is 5.82 Å². The Labute approximate surface area is 153 Å². The first kappa shape index (κ1) is 19.4. The molecule has 0 unspecified atom stereocenters. The Kier molecular flexibility index (Phi) is 6.58. The third-order valence-electron chi connectivity index (χ3n) is 3.57. The lowest BCUT2D eigenvalue weighted by Crippen LogP contribution is -2.30. The van der Waals surface area contributed by atoms with E-state index in [1.165, 1.54) is 0 Å². The number of nitrogens with one attached hydrogen (secondary N) is 2. The predicted molar refractivity (Wildman–Crippen MR) is 101 cm³/mol. The van der Waals surface area contributed by atoms with Crippen molar-refractivity contribution in [3.8, 4) is 5.69 Å². The van der Waals surface area contributed by atoms with Gasteiger partial charge in [0.2, 0.25) is 5.91 Å². The zero-order valence-corrected chi connectivity index (χ0v) is 15.9. The van der Waals surface area contributed by atoms with E-state index in [1.807, 2.05) is 24.3 Å². The average molecular weight is 365 g/mol. The molecule has 0 aliphatic carbocycles. The number of rotatable bonds is 7.